The zero-order chi connectivity index (χ0) is 18.4. The van der Waals surface area contributed by atoms with E-state index in [0.717, 1.165) is 43.6 Å². The maximum Gasteiger partial charge on any atom is 0.310 e. The second-order valence-electron chi connectivity index (χ2n) is 6.68. The molecular formula is C22H24N2O2. The Bertz CT molecular complexity index is 793. The standard InChI is InChI=1S/C22H24N2O2/c1-2-26-22(25)20-7-5-13-24(16-20)15-17-9-11-18(12-10-17)21-8-4-3-6-19(21)14-23/h3-4,6,8-12,20H,2,5,7,13,15-16H2,1H3/t20-/m1/s1. The Morgan fingerprint density at radius 2 is 2.00 bits per heavy atom. The molecule has 0 bridgehead atoms. The lowest BCUT2D eigenvalue weighted by molar-refractivity contribution is -0.150. The van der Waals surface area contributed by atoms with Crippen LogP contribution in [0.5, 0.6) is 0 Å². The molecule has 1 heterocycles. The summed E-state index contributed by atoms with van der Waals surface area (Å²) in [5.74, 6) is -0.0777. The van der Waals surface area contributed by atoms with Crippen LogP contribution in [0.3, 0.4) is 0 Å². The number of nitrogens with zero attached hydrogens (tertiary/aromatic N) is 2. The number of rotatable bonds is 5. The third kappa shape index (κ3) is 4.30. The molecule has 1 atom stereocenters. The Hall–Kier alpha value is -2.64. The quantitative estimate of drug-likeness (QED) is 0.767. The molecule has 0 radical (unpaired) electrons. The minimum Gasteiger partial charge on any atom is -0.466 e. The highest BCUT2D eigenvalue weighted by atomic mass is 16.5. The first-order valence-corrected chi connectivity index (χ1v) is 9.18. The van der Waals surface area contributed by atoms with Gasteiger partial charge in [-0.15, -0.1) is 0 Å². The molecule has 0 unspecified atom stereocenters. The van der Waals surface area contributed by atoms with Gasteiger partial charge in [0.1, 0.15) is 0 Å². The van der Waals surface area contributed by atoms with Crippen LogP contribution in [-0.4, -0.2) is 30.6 Å². The fraction of sp³-hybridized carbons (Fsp3) is 0.364. The van der Waals surface area contributed by atoms with Gasteiger partial charge in [0.2, 0.25) is 0 Å². The minimum atomic E-state index is -0.0688. The summed E-state index contributed by atoms with van der Waals surface area (Å²) < 4.78 is 5.17. The summed E-state index contributed by atoms with van der Waals surface area (Å²) in [6.07, 6.45) is 1.94. The van der Waals surface area contributed by atoms with E-state index in [1.54, 1.807) is 0 Å². The fourth-order valence-electron chi connectivity index (χ4n) is 3.53. The summed E-state index contributed by atoms with van der Waals surface area (Å²) in [5, 5.41) is 9.26. The number of esters is 1. The summed E-state index contributed by atoms with van der Waals surface area (Å²) in [4.78, 5) is 14.3. The minimum absolute atomic E-state index is 0.00882. The molecule has 0 N–H and O–H groups in total. The normalized spacial score (nSPS) is 17.5. The molecular weight excluding hydrogens is 324 g/mol. The van der Waals surface area contributed by atoms with Crippen LogP contribution in [0.15, 0.2) is 48.5 Å². The van der Waals surface area contributed by atoms with Crippen molar-refractivity contribution in [2.45, 2.75) is 26.3 Å². The lowest BCUT2D eigenvalue weighted by Crippen LogP contribution is -2.38. The third-order valence-corrected chi connectivity index (χ3v) is 4.84. The summed E-state index contributed by atoms with van der Waals surface area (Å²) >= 11 is 0. The largest absolute Gasteiger partial charge is 0.466 e. The molecule has 2 aromatic rings. The fourth-order valence-corrected chi connectivity index (χ4v) is 3.53. The Morgan fingerprint density at radius 1 is 1.23 bits per heavy atom. The molecule has 2 aromatic carbocycles. The number of ether oxygens (including phenoxy) is 1. The van der Waals surface area contributed by atoms with Gasteiger partial charge in [0, 0.05) is 13.1 Å². The monoisotopic (exact) mass is 348 g/mol. The maximum absolute atomic E-state index is 12.0. The maximum atomic E-state index is 12.0. The van der Waals surface area contributed by atoms with Gasteiger partial charge in [-0.05, 0) is 49.1 Å². The van der Waals surface area contributed by atoms with Crippen molar-refractivity contribution in [3.63, 3.8) is 0 Å². The summed E-state index contributed by atoms with van der Waals surface area (Å²) in [6, 6.07) is 18.2. The lowest BCUT2D eigenvalue weighted by Gasteiger charge is -2.31. The van der Waals surface area contributed by atoms with Crippen molar-refractivity contribution >= 4 is 5.97 Å². The van der Waals surface area contributed by atoms with Gasteiger partial charge in [-0.1, -0.05) is 42.5 Å². The predicted molar refractivity (Wildman–Crippen MR) is 101 cm³/mol. The number of piperidine rings is 1. The molecule has 1 fully saturated rings. The van der Waals surface area contributed by atoms with Crippen LogP contribution in [0.1, 0.15) is 30.9 Å². The number of carbonyl (C=O) groups excluding carboxylic acids is 1. The average molecular weight is 348 g/mol. The molecule has 1 saturated heterocycles. The van der Waals surface area contributed by atoms with Gasteiger partial charge in [0.25, 0.3) is 0 Å². The molecule has 0 aliphatic carbocycles. The number of likely N-dealkylation sites (tertiary alicyclic amines) is 1. The van der Waals surface area contributed by atoms with Gasteiger partial charge in [-0.2, -0.15) is 5.26 Å². The summed E-state index contributed by atoms with van der Waals surface area (Å²) in [6.45, 7) is 4.90. The van der Waals surface area contributed by atoms with Gasteiger partial charge < -0.3 is 4.74 Å². The molecule has 4 nitrogen and oxygen atoms in total. The number of nitriles is 1. The molecule has 3 rings (SSSR count). The zero-order valence-electron chi connectivity index (χ0n) is 15.1. The van der Waals surface area contributed by atoms with Crippen LogP contribution in [0.4, 0.5) is 0 Å². The highest BCUT2D eigenvalue weighted by Gasteiger charge is 2.26. The highest BCUT2D eigenvalue weighted by Crippen LogP contribution is 2.25. The Kier molecular flexibility index (Phi) is 6.04. The van der Waals surface area contributed by atoms with Crippen LogP contribution in [0, 0.1) is 17.2 Å². The second kappa shape index (κ2) is 8.64. The molecule has 0 saturated carbocycles. The zero-order valence-corrected chi connectivity index (χ0v) is 15.1. The van der Waals surface area contributed by atoms with Gasteiger partial charge >= 0.3 is 5.97 Å². The van der Waals surface area contributed by atoms with Crippen LogP contribution in [-0.2, 0) is 16.1 Å². The van der Waals surface area contributed by atoms with E-state index in [2.05, 4.69) is 35.2 Å². The van der Waals surface area contributed by atoms with Crippen LogP contribution >= 0.6 is 0 Å². The van der Waals surface area contributed by atoms with Crippen molar-refractivity contribution in [2.75, 3.05) is 19.7 Å². The Morgan fingerprint density at radius 3 is 2.73 bits per heavy atom. The van der Waals surface area contributed by atoms with E-state index in [0.29, 0.717) is 12.2 Å². The van der Waals surface area contributed by atoms with E-state index >= 15 is 0 Å². The molecule has 0 amide bonds. The number of carbonyl (C=O) groups is 1. The molecule has 26 heavy (non-hydrogen) atoms. The Balaban J connectivity index is 1.66. The first-order valence-electron chi connectivity index (χ1n) is 9.18. The summed E-state index contributed by atoms with van der Waals surface area (Å²) in [7, 11) is 0. The first-order chi connectivity index (χ1) is 12.7. The van der Waals surface area contributed by atoms with Crippen molar-refractivity contribution < 1.29 is 9.53 Å². The smallest absolute Gasteiger partial charge is 0.310 e. The molecule has 1 aliphatic heterocycles. The number of hydrogen-bond donors (Lipinski definition) is 0. The van der Waals surface area contributed by atoms with Crippen molar-refractivity contribution in [3.8, 4) is 17.2 Å². The molecule has 4 heteroatoms. The van der Waals surface area contributed by atoms with Crippen LogP contribution in [0.25, 0.3) is 11.1 Å². The van der Waals surface area contributed by atoms with Crippen molar-refractivity contribution in [2.24, 2.45) is 5.92 Å². The van der Waals surface area contributed by atoms with E-state index in [1.165, 1.54) is 5.56 Å². The number of benzene rings is 2. The second-order valence-corrected chi connectivity index (χ2v) is 6.68. The highest BCUT2D eigenvalue weighted by molar-refractivity contribution is 5.73. The van der Waals surface area contributed by atoms with Gasteiger partial charge in [0.15, 0.2) is 0 Å². The predicted octanol–water partition coefficient (Wildman–Crippen LogP) is 4.00. The van der Waals surface area contributed by atoms with Crippen LogP contribution < -0.4 is 0 Å². The van der Waals surface area contributed by atoms with Crippen molar-refractivity contribution in [3.05, 3.63) is 59.7 Å². The Labute approximate surface area is 155 Å². The number of hydrogen-bond acceptors (Lipinski definition) is 4. The summed E-state index contributed by atoms with van der Waals surface area (Å²) in [5.41, 5.74) is 3.91. The lowest BCUT2D eigenvalue weighted by atomic mass is 9.97. The van der Waals surface area contributed by atoms with E-state index in [1.807, 2.05) is 31.2 Å². The molecule has 1 aliphatic rings. The average Bonchev–Trinajstić information content (AvgIpc) is 2.69. The third-order valence-electron chi connectivity index (χ3n) is 4.84. The van der Waals surface area contributed by atoms with Gasteiger partial charge in [-0.3, -0.25) is 9.69 Å². The topological polar surface area (TPSA) is 53.3 Å². The van der Waals surface area contributed by atoms with E-state index in [9.17, 15) is 10.1 Å². The van der Waals surface area contributed by atoms with E-state index in [4.69, 9.17) is 4.74 Å². The van der Waals surface area contributed by atoms with Crippen molar-refractivity contribution in [1.29, 1.82) is 5.26 Å². The SMILES string of the molecule is CCOC(=O)[C@@H]1CCCN(Cc2ccc(-c3ccccc3C#N)cc2)C1. The first kappa shape index (κ1) is 18.2. The van der Waals surface area contributed by atoms with Gasteiger partial charge in [-0.25, -0.2) is 0 Å². The van der Waals surface area contributed by atoms with Gasteiger partial charge in [0.05, 0.1) is 24.2 Å². The van der Waals surface area contributed by atoms with E-state index in [-0.39, 0.29) is 11.9 Å². The van der Waals surface area contributed by atoms with Crippen LogP contribution in [0.2, 0.25) is 0 Å². The van der Waals surface area contributed by atoms with Crippen molar-refractivity contribution in [1.82, 2.24) is 4.90 Å². The molecule has 0 aromatic heterocycles. The molecule has 0 spiro atoms. The molecule has 134 valence electrons. The van der Waals surface area contributed by atoms with E-state index < -0.39 is 0 Å².